The molecule has 0 saturated heterocycles. The average Bonchev–Trinajstić information content (AvgIpc) is 3.28. The van der Waals surface area contributed by atoms with E-state index in [9.17, 15) is 4.79 Å². The summed E-state index contributed by atoms with van der Waals surface area (Å²) < 4.78 is 1.16. The fourth-order valence-corrected chi connectivity index (χ4v) is 3.05. The molecular weight excluding hydrogens is 342 g/mol. The third kappa shape index (κ3) is 3.57. The second-order valence-electron chi connectivity index (χ2n) is 5.90. The highest BCUT2D eigenvalue weighted by atomic mass is 79.9. The third-order valence-electron chi connectivity index (χ3n) is 4.21. The van der Waals surface area contributed by atoms with Gasteiger partial charge >= 0.3 is 5.97 Å². The van der Waals surface area contributed by atoms with Crippen LogP contribution in [0.4, 0.5) is 0 Å². The third-order valence-corrected chi connectivity index (χ3v) is 4.98. The van der Waals surface area contributed by atoms with Crippen molar-refractivity contribution in [3.05, 3.63) is 69.7 Å². The van der Waals surface area contributed by atoms with Crippen LogP contribution in [-0.4, -0.2) is 16.6 Å². The van der Waals surface area contributed by atoms with Gasteiger partial charge in [0.1, 0.15) is 0 Å². The van der Waals surface area contributed by atoms with Crippen molar-refractivity contribution in [3.8, 4) is 0 Å². The van der Waals surface area contributed by atoms with Crippen molar-refractivity contribution in [3.63, 3.8) is 0 Å². The van der Waals surface area contributed by atoms with Gasteiger partial charge in [-0.2, -0.15) is 0 Å². The summed E-state index contributed by atoms with van der Waals surface area (Å²) in [4.78, 5) is 10.9. The second kappa shape index (κ2) is 6.23. The zero-order chi connectivity index (χ0) is 15.6. The summed E-state index contributed by atoms with van der Waals surface area (Å²) in [6.45, 7) is 0.768. The predicted molar refractivity (Wildman–Crippen MR) is 90.1 cm³/mol. The van der Waals surface area contributed by atoms with Crippen LogP contribution in [0.5, 0.6) is 0 Å². The minimum absolute atomic E-state index is 0.190. The van der Waals surface area contributed by atoms with Gasteiger partial charge in [-0.15, -0.1) is 0 Å². The second-order valence-corrected chi connectivity index (χ2v) is 6.76. The van der Waals surface area contributed by atoms with Crippen LogP contribution in [0.2, 0.25) is 0 Å². The largest absolute Gasteiger partial charge is 0.478 e. The first-order valence-electron chi connectivity index (χ1n) is 7.39. The Morgan fingerprint density at radius 2 is 1.82 bits per heavy atom. The Bertz CT molecular complexity index is 678. The van der Waals surface area contributed by atoms with Crippen molar-refractivity contribution in [2.45, 2.75) is 31.3 Å². The number of nitrogens with one attached hydrogen (secondary N) is 1. The summed E-state index contributed by atoms with van der Waals surface area (Å²) in [6.07, 6.45) is 3.38. The topological polar surface area (TPSA) is 49.3 Å². The lowest BCUT2D eigenvalue weighted by Crippen LogP contribution is -2.33. The molecule has 1 aliphatic carbocycles. The maximum absolute atomic E-state index is 10.9. The van der Waals surface area contributed by atoms with Gasteiger partial charge in [-0.3, -0.25) is 0 Å². The first kappa shape index (κ1) is 15.3. The molecule has 22 heavy (non-hydrogen) atoms. The Labute approximate surface area is 138 Å². The molecule has 0 amide bonds. The number of halogens is 1. The summed E-state index contributed by atoms with van der Waals surface area (Å²) in [5.41, 5.74) is 2.96. The molecule has 0 aliphatic heterocycles. The van der Waals surface area contributed by atoms with Gasteiger partial charge in [-0.25, -0.2) is 4.79 Å². The molecule has 1 saturated carbocycles. The van der Waals surface area contributed by atoms with E-state index in [-0.39, 0.29) is 5.54 Å². The fraction of sp³-hybridized carbons (Fsp3) is 0.278. The standard InChI is InChI=1S/C18H18BrNO2/c19-16-4-2-1-3-15(16)11-18(9-10-18)20-12-13-5-7-14(8-6-13)17(21)22/h1-8,20H,9-12H2,(H,21,22). The van der Waals surface area contributed by atoms with Crippen LogP contribution in [0.3, 0.4) is 0 Å². The Morgan fingerprint density at radius 1 is 1.14 bits per heavy atom. The van der Waals surface area contributed by atoms with E-state index in [0.29, 0.717) is 5.56 Å². The lowest BCUT2D eigenvalue weighted by atomic mass is 10.0. The van der Waals surface area contributed by atoms with Gasteiger partial charge in [-0.1, -0.05) is 46.3 Å². The maximum atomic E-state index is 10.9. The average molecular weight is 360 g/mol. The van der Waals surface area contributed by atoms with E-state index in [4.69, 9.17) is 5.11 Å². The number of rotatable bonds is 6. The van der Waals surface area contributed by atoms with E-state index in [1.165, 1.54) is 18.4 Å². The monoisotopic (exact) mass is 359 g/mol. The zero-order valence-electron chi connectivity index (χ0n) is 12.2. The summed E-state index contributed by atoms with van der Waals surface area (Å²) in [5.74, 6) is -0.882. The Balaban J connectivity index is 1.61. The molecule has 1 fully saturated rings. The highest BCUT2D eigenvalue weighted by Gasteiger charge is 2.42. The van der Waals surface area contributed by atoms with Crippen LogP contribution in [0.15, 0.2) is 53.0 Å². The summed E-state index contributed by atoms with van der Waals surface area (Å²) >= 11 is 3.61. The zero-order valence-corrected chi connectivity index (χ0v) is 13.8. The number of hydrogen-bond donors (Lipinski definition) is 2. The minimum atomic E-state index is -0.882. The van der Waals surface area contributed by atoms with Crippen LogP contribution in [0, 0.1) is 0 Å². The quantitative estimate of drug-likeness (QED) is 0.818. The Morgan fingerprint density at radius 3 is 2.41 bits per heavy atom. The van der Waals surface area contributed by atoms with Gasteiger partial charge in [-0.05, 0) is 48.6 Å². The molecule has 4 heteroatoms. The van der Waals surface area contributed by atoms with Gasteiger partial charge in [0.05, 0.1) is 5.56 Å². The number of hydrogen-bond acceptors (Lipinski definition) is 2. The maximum Gasteiger partial charge on any atom is 0.335 e. The van der Waals surface area contributed by atoms with E-state index >= 15 is 0 Å². The smallest absolute Gasteiger partial charge is 0.335 e. The molecule has 114 valence electrons. The van der Waals surface area contributed by atoms with E-state index < -0.39 is 5.97 Å². The van der Waals surface area contributed by atoms with Crippen molar-refractivity contribution in [1.82, 2.24) is 5.32 Å². The van der Waals surface area contributed by atoms with Crippen LogP contribution >= 0.6 is 15.9 Å². The van der Waals surface area contributed by atoms with Gasteiger partial charge in [0.25, 0.3) is 0 Å². The van der Waals surface area contributed by atoms with Crippen LogP contribution in [0.25, 0.3) is 0 Å². The molecular formula is C18H18BrNO2. The Hall–Kier alpha value is -1.65. The molecule has 0 radical (unpaired) electrons. The van der Waals surface area contributed by atoms with Crippen LogP contribution in [0.1, 0.15) is 34.3 Å². The molecule has 2 aromatic carbocycles. The lowest BCUT2D eigenvalue weighted by Gasteiger charge is -2.18. The predicted octanol–water partition coefficient (Wildman–Crippen LogP) is 4.01. The molecule has 0 aromatic heterocycles. The molecule has 2 N–H and O–H groups in total. The lowest BCUT2D eigenvalue weighted by molar-refractivity contribution is 0.0697. The van der Waals surface area contributed by atoms with Crippen molar-refractivity contribution in [2.24, 2.45) is 0 Å². The van der Waals surface area contributed by atoms with Gasteiger partial charge in [0.2, 0.25) is 0 Å². The van der Waals surface area contributed by atoms with Crippen LogP contribution < -0.4 is 5.32 Å². The number of carbonyl (C=O) groups is 1. The Kier molecular flexibility index (Phi) is 4.32. The summed E-state index contributed by atoms with van der Waals surface area (Å²) in [6, 6.07) is 15.4. The van der Waals surface area contributed by atoms with Crippen LogP contribution in [-0.2, 0) is 13.0 Å². The van der Waals surface area contributed by atoms with E-state index in [1.54, 1.807) is 12.1 Å². The molecule has 3 nitrogen and oxygen atoms in total. The highest BCUT2D eigenvalue weighted by molar-refractivity contribution is 9.10. The number of carboxylic acid groups (broad SMARTS) is 1. The first-order chi connectivity index (χ1) is 10.6. The van der Waals surface area contributed by atoms with Gasteiger partial charge in [0.15, 0.2) is 0 Å². The highest BCUT2D eigenvalue weighted by Crippen LogP contribution is 2.40. The summed E-state index contributed by atoms with van der Waals surface area (Å²) in [5, 5.41) is 12.6. The van der Waals surface area contributed by atoms with E-state index in [0.717, 1.165) is 23.0 Å². The van der Waals surface area contributed by atoms with Crippen molar-refractivity contribution >= 4 is 21.9 Å². The minimum Gasteiger partial charge on any atom is -0.478 e. The molecule has 0 spiro atoms. The molecule has 1 aliphatic rings. The molecule has 0 heterocycles. The molecule has 3 rings (SSSR count). The normalized spacial score (nSPS) is 15.5. The van der Waals surface area contributed by atoms with Crippen molar-refractivity contribution in [2.75, 3.05) is 0 Å². The van der Waals surface area contributed by atoms with E-state index in [1.807, 2.05) is 18.2 Å². The van der Waals surface area contributed by atoms with Crippen molar-refractivity contribution in [1.29, 1.82) is 0 Å². The van der Waals surface area contributed by atoms with Gasteiger partial charge in [0, 0.05) is 16.6 Å². The number of carboxylic acids is 1. The van der Waals surface area contributed by atoms with Gasteiger partial charge < -0.3 is 10.4 Å². The fourth-order valence-electron chi connectivity index (χ4n) is 2.63. The SMILES string of the molecule is O=C(O)c1ccc(CNC2(Cc3ccccc3Br)CC2)cc1. The molecule has 0 atom stereocenters. The number of benzene rings is 2. The van der Waals surface area contributed by atoms with E-state index in [2.05, 4.69) is 39.4 Å². The summed E-state index contributed by atoms with van der Waals surface area (Å²) in [7, 11) is 0. The molecule has 0 bridgehead atoms. The number of aromatic carboxylic acids is 1. The molecule has 0 unspecified atom stereocenters. The first-order valence-corrected chi connectivity index (χ1v) is 8.18. The molecule has 2 aromatic rings. The van der Waals surface area contributed by atoms with Crippen molar-refractivity contribution < 1.29 is 9.90 Å².